The predicted molar refractivity (Wildman–Crippen MR) is 75.3 cm³/mol. The van der Waals surface area contributed by atoms with Crippen molar-refractivity contribution < 1.29 is 4.74 Å². The number of hydrogen-bond acceptors (Lipinski definition) is 1. The Labute approximate surface area is 110 Å². The lowest BCUT2D eigenvalue weighted by molar-refractivity contribution is 0.152. The van der Waals surface area contributed by atoms with Gasteiger partial charge in [0.15, 0.2) is 0 Å². The molecule has 0 aliphatic heterocycles. The van der Waals surface area contributed by atoms with E-state index in [9.17, 15) is 0 Å². The van der Waals surface area contributed by atoms with E-state index in [0.717, 1.165) is 19.4 Å². The van der Waals surface area contributed by atoms with Gasteiger partial charge in [-0.1, -0.05) is 41.3 Å². The number of ether oxygens (including phenoxy) is 1. The van der Waals surface area contributed by atoms with Crippen LogP contribution < -0.4 is 0 Å². The summed E-state index contributed by atoms with van der Waals surface area (Å²) in [5.74, 6) is 0.541. The Bertz CT molecular complexity index is 464. The van der Waals surface area contributed by atoms with Gasteiger partial charge in [0, 0.05) is 19.3 Å². The Balaban J connectivity index is 1.97. The lowest BCUT2D eigenvalue weighted by Gasteiger charge is -2.19. The zero-order valence-corrected chi connectivity index (χ0v) is 11.0. The molecule has 0 spiro atoms. The summed E-state index contributed by atoms with van der Waals surface area (Å²) in [6.07, 6.45) is 17.2. The van der Waals surface area contributed by atoms with E-state index in [1.165, 1.54) is 18.4 Å². The van der Waals surface area contributed by atoms with Crippen molar-refractivity contribution in [2.75, 3.05) is 13.7 Å². The third-order valence-electron chi connectivity index (χ3n) is 3.27. The van der Waals surface area contributed by atoms with Gasteiger partial charge in [0.1, 0.15) is 0 Å². The average Bonchev–Trinajstić information content (AvgIpc) is 2.41. The molecule has 94 valence electrons. The summed E-state index contributed by atoms with van der Waals surface area (Å²) in [7, 11) is 1.78. The van der Waals surface area contributed by atoms with E-state index in [0.29, 0.717) is 5.92 Å². The van der Waals surface area contributed by atoms with Crippen LogP contribution in [0.15, 0.2) is 59.1 Å². The van der Waals surface area contributed by atoms with Crippen molar-refractivity contribution in [3.05, 3.63) is 59.1 Å². The molecule has 0 heterocycles. The molecular formula is C17H20O. The Hall–Kier alpha value is -1.52. The Morgan fingerprint density at radius 2 is 2.28 bits per heavy atom. The molecule has 0 saturated carbocycles. The molecular weight excluding hydrogens is 220 g/mol. The highest BCUT2D eigenvalue weighted by Gasteiger charge is 2.13. The number of hydrogen-bond donors (Lipinski definition) is 0. The van der Waals surface area contributed by atoms with Gasteiger partial charge in [-0.05, 0) is 43.8 Å². The lowest BCUT2D eigenvalue weighted by Crippen LogP contribution is -2.10. The van der Waals surface area contributed by atoms with Gasteiger partial charge in [0.2, 0.25) is 0 Å². The van der Waals surface area contributed by atoms with Crippen molar-refractivity contribution >= 4 is 0 Å². The second-order valence-electron chi connectivity index (χ2n) is 4.84. The average molecular weight is 240 g/mol. The van der Waals surface area contributed by atoms with Gasteiger partial charge in [-0.3, -0.25) is 0 Å². The molecule has 1 heteroatoms. The van der Waals surface area contributed by atoms with Crippen molar-refractivity contribution in [3.63, 3.8) is 0 Å². The topological polar surface area (TPSA) is 9.23 Å². The fourth-order valence-corrected chi connectivity index (χ4v) is 2.44. The standard InChI is InChI=1S/C17H20O/c1-18-14-17(12-15-8-4-2-5-9-15)13-16-10-6-3-7-11-16/h2-4,6,8,10,17H,5,9,12-14H2,1H3. The number of rotatable bonds is 6. The highest BCUT2D eigenvalue weighted by atomic mass is 16.5. The first-order valence-electron chi connectivity index (χ1n) is 6.59. The van der Waals surface area contributed by atoms with Crippen LogP contribution in [0.1, 0.15) is 25.7 Å². The zero-order valence-electron chi connectivity index (χ0n) is 11.0. The van der Waals surface area contributed by atoms with Crippen molar-refractivity contribution in [3.8, 4) is 0 Å². The maximum absolute atomic E-state index is 5.35. The molecule has 0 amide bonds. The Morgan fingerprint density at radius 3 is 2.94 bits per heavy atom. The van der Waals surface area contributed by atoms with Crippen LogP contribution in [0.2, 0.25) is 0 Å². The summed E-state index contributed by atoms with van der Waals surface area (Å²) < 4.78 is 5.35. The van der Waals surface area contributed by atoms with Crippen molar-refractivity contribution in [2.45, 2.75) is 25.7 Å². The fourth-order valence-electron chi connectivity index (χ4n) is 2.44. The molecule has 0 saturated heterocycles. The molecule has 2 rings (SSSR count). The molecule has 2 aliphatic rings. The van der Waals surface area contributed by atoms with E-state index >= 15 is 0 Å². The number of methoxy groups -OCH3 is 1. The quantitative estimate of drug-likeness (QED) is 0.635. The first-order chi connectivity index (χ1) is 8.88. The molecule has 0 N–H and O–H groups in total. The van der Waals surface area contributed by atoms with Crippen LogP contribution in [0.5, 0.6) is 0 Å². The van der Waals surface area contributed by atoms with Crippen molar-refractivity contribution in [1.82, 2.24) is 0 Å². The van der Waals surface area contributed by atoms with Gasteiger partial charge in [-0.2, -0.15) is 0 Å². The first kappa shape index (κ1) is 12.9. The van der Waals surface area contributed by atoms with E-state index in [1.54, 1.807) is 12.7 Å². The second-order valence-corrected chi connectivity index (χ2v) is 4.84. The van der Waals surface area contributed by atoms with Gasteiger partial charge in [-0.15, -0.1) is 0 Å². The summed E-state index contributed by atoms with van der Waals surface area (Å²) in [4.78, 5) is 0. The summed E-state index contributed by atoms with van der Waals surface area (Å²) in [5.41, 5.74) is 8.97. The van der Waals surface area contributed by atoms with Crippen molar-refractivity contribution in [2.24, 2.45) is 5.92 Å². The highest BCUT2D eigenvalue weighted by Crippen LogP contribution is 2.25. The molecule has 0 bridgehead atoms. The number of allylic oxidation sites excluding steroid dienone is 8. The van der Waals surface area contributed by atoms with Gasteiger partial charge in [0.05, 0.1) is 0 Å². The predicted octanol–water partition coefficient (Wildman–Crippen LogP) is 4.11. The van der Waals surface area contributed by atoms with Crippen LogP contribution in [0.4, 0.5) is 0 Å². The van der Waals surface area contributed by atoms with Crippen molar-refractivity contribution in [1.29, 1.82) is 0 Å². The fraction of sp³-hybridized carbons (Fsp3) is 0.412. The Kier molecular flexibility index (Phi) is 5.05. The molecule has 0 radical (unpaired) electrons. The molecule has 1 atom stereocenters. The summed E-state index contributed by atoms with van der Waals surface area (Å²) >= 11 is 0. The van der Waals surface area contributed by atoms with Crippen LogP contribution in [-0.4, -0.2) is 13.7 Å². The Morgan fingerprint density at radius 1 is 1.33 bits per heavy atom. The van der Waals surface area contributed by atoms with Gasteiger partial charge in [0.25, 0.3) is 0 Å². The molecule has 2 aliphatic carbocycles. The van der Waals surface area contributed by atoms with E-state index in [2.05, 4.69) is 35.8 Å². The molecule has 0 aromatic carbocycles. The highest BCUT2D eigenvalue weighted by molar-refractivity contribution is 5.26. The minimum atomic E-state index is 0.541. The smallest absolute Gasteiger partial charge is 0.0496 e. The van der Waals surface area contributed by atoms with E-state index in [1.807, 2.05) is 12.2 Å². The molecule has 1 nitrogen and oxygen atoms in total. The third kappa shape index (κ3) is 4.05. The summed E-state index contributed by atoms with van der Waals surface area (Å²) in [5, 5.41) is 0. The zero-order chi connectivity index (χ0) is 12.6. The van der Waals surface area contributed by atoms with Gasteiger partial charge in [-0.25, -0.2) is 0 Å². The summed E-state index contributed by atoms with van der Waals surface area (Å²) in [6.45, 7) is 0.809. The first-order valence-corrected chi connectivity index (χ1v) is 6.59. The van der Waals surface area contributed by atoms with Crippen LogP contribution in [-0.2, 0) is 4.74 Å². The minimum absolute atomic E-state index is 0.541. The minimum Gasteiger partial charge on any atom is -0.384 e. The molecule has 0 aromatic rings. The maximum atomic E-state index is 5.35. The van der Waals surface area contributed by atoms with Gasteiger partial charge < -0.3 is 4.74 Å². The lowest BCUT2D eigenvalue weighted by atomic mass is 9.89. The van der Waals surface area contributed by atoms with Gasteiger partial charge >= 0.3 is 0 Å². The van der Waals surface area contributed by atoms with Crippen LogP contribution >= 0.6 is 0 Å². The van der Waals surface area contributed by atoms with Crippen LogP contribution in [0, 0.1) is 5.92 Å². The summed E-state index contributed by atoms with van der Waals surface area (Å²) in [6, 6.07) is 0. The third-order valence-corrected chi connectivity index (χ3v) is 3.27. The monoisotopic (exact) mass is 240 g/mol. The molecule has 0 fully saturated rings. The van der Waals surface area contributed by atoms with Crippen LogP contribution in [0.3, 0.4) is 0 Å². The van der Waals surface area contributed by atoms with Crippen LogP contribution in [0.25, 0.3) is 0 Å². The molecule has 18 heavy (non-hydrogen) atoms. The normalized spacial score (nSPS) is 18.7. The van der Waals surface area contributed by atoms with E-state index in [-0.39, 0.29) is 0 Å². The second kappa shape index (κ2) is 7.03. The van der Waals surface area contributed by atoms with E-state index < -0.39 is 0 Å². The molecule has 1 unspecified atom stereocenters. The van der Waals surface area contributed by atoms with E-state index in [4.69, 9.17) is 4.74 Å². The maximum Gasteiger partial charge on any atom is 0.0496 e. The SMILES string of the molecule is COCC(CC1=C=C=CC=C1)CC1=CC=CCC1. The molecule has 0 aromatic heterocycles. The largest absolute Gasteiger partial charge is 0.384 e.